The van der Waals surface area contributed by atoms with E-state index in [9.17, 15) is 18.8 Å². The van der Waals surface area contributed by atoms with Crippen LogP contribution in [0.3, 0.4) is 0 Å². The number of halogens is 1. The Hall–Kier alpha value is -2.96. The van der Waals surface area contributed by atoms with Crippen molar-refractivity contribution in [3.05, 3.63) is 58.2 Å². The Morgan fingerprint density at radius 2 is 1.68 bits per heavy atom. The number of nitrogens with zero attached hydrogens (tertiary/aromatic N) is 2. The van der Waals surface area contributed by atoms with Gasteiger partial charge in [-0.25, -0.2) is 9.18 Å². The maximum absolute atomic E-state index is 13.6. The highest BCUT2D eigenvalue weighted by Gasteiger charge is 2.33. The standard InChI is InChI=1S/C24H31FN2O4/c1-8-26-16(5)20(15(4)21(26)24(30)31-7)22(28)17(6)27(23(29)14(2)3)13-18-9-11-19(25)12-10-18/h9-12,14,17H,8,13H2,1-7H3. The van der Waals surface area contributed by atoms with Crippen LogP contribution < -0.4 is 0 Å². The van der Waals surface area contributed by atoms with Gasteiger partial charge in [0.05, 0.1) is 13.2 Å². The molecule has 1 aromatic heterocycles. The highest BCUT2D eigenvalue weighted by atomic mass is 19.1. The maximum Gasteiger partial charge on any atom is 0.354 e. The molecule has 0 radical (unpaired) electrons. The molecule has 1 atom stereocenters. The molecule has 1 aromatic carbocycles. The number of hydrogen-bond donors (Lipinski definition) is 0. The fourth-order valence-corrected chi connectivity index (χ4v) is 3.89. The van der Waals surface area contributed by atoms with Crippen LogP contribution in [-0.4, -0.2) is 40.3 Å². The van der Waals surface area contributed by atoms with E-state index in [0.29, 0.717) is 29.1 Å². The minimum atomic E-state index is -0.768. The Labute approximate surface area is 183 Å². The third-order valence-corrected chi connectivity index (χ3v) is 5.60. The maximum atomic E-state index is 13.6. The molecule has 7 heteroatoms. The van der Waals surface area contributed by atoms with Gasteiger partial charge in [0.15, 0.2) is 5.78 Å². The van der Waals surface area contributed by atoms with Crippen molar-refractivity contribution < 1.29 is 23.5 Å². The topological polar surface area (TPSA) is 68.6 Å². The molecule has 0 aliphatic heterocycles. The number of aromatic nitrogens is 1. The van der Waals surface area contributed by atoms with Gasteiger partial charge in [-0.05, 0) is 51.0 Å². The molecule has 0 aliphatic rings. The first-order valence-corrected chi connectivity index (χ1v) is 10.4. The van der Waals surface area contributed by atoms with Crippen molar-refractivity contribution in [1.82, 2.24) is 9.47 Å². The number of carbonyl (C=O) groups excluding carboxylic acids is 3. The fraction of sp³-hybridized carbons (Fsp3) is 0.458. The number of ether oxygens (including phenoxy) is 1. The molecule has 0 spiro atoms. The predicted octanol–water partition coefficient (Wildman–Crippen LogP) is 4.31. The van der Waals surface area contributed by atoms with Crippen molar-refractivity contribution in [3.63, 3.8) is 0 Å². The van der Waals surface area contributed by atoms with Gasteiger partial charge >= 0.3 is 5.97 Å². The van der Waals surface area contributed by atoms with Crippen LogP contribution in [0.2, 0.25) is 0 Å². The number of esters is 1. The van der Waals surface area contributed by atoms with Gasteiger partial charge in [0, 0.05) is 30.3 Å². The summed E-state index contributed by atoms with van der Waals surface area (Å²) in [5.41, 5.74) is 2.70. The molecule has 168 valence electrons. The lowest BCUT2D eigenvalue weighted by atomic mass is 9.98. The fourth-order valence-electron chi connectivity index (χ4n) is 3.89. The zero-order chi connectivity index (χ0) is 23.5. The Morgan fingerprint density at radius 3 is 2.16 bits per heavy atom. The van der Waals surface area contributed by atoms with E-state index in [2.05, 4.69) is 0 Å². The number of benzene rings is 1. The van der Waals surface area contributed by atoms with Crippen LogP contribution in [0.4, 0.5) is 4.39 Å². The molecule has 31 heavy (non-hydrogen) atoms. The number of hydrogen-bond acceptors (Lipinski definition) is 4. The van der Waals surface area contributed by atoms with Gasteiger partial charge in [-0.15, -0.1) is 0 Å². The van der Waals surface area contributed by atoms with Crippen LogP contribution in [0, 0.1) is 25.6 Å². The van der Waals surface area contributed by atoms with E-state index < -0.39 is 12.0 Å². The third kappa shape index (κ3) is 4.86. The average Bonchev–Trinajstić information content (AvgIpc) is 3.00. The average molecular weight is 431 g/mol. The quantitative estimate of drug-likeness (QED) is 0.462. The number of Topliss-reactive ketones (excluding diaryl/α,β-unsaturated/α-hetero) is 1. The summed E-state index contributed by atoms with van der Waals surface area (Å²) in [6.45, 7) is 11.3. The van der Waals surface area contributed by atoms with Crippen LogP contribution >= 0.6 is 0 Å². The van der Waals surface area contributed by atoms with Crippen molar-refractivity contribution in [1.29, 1.82) is 0 Å². The Bertz CT molecular complexity index is 976. The molecule has 6 nitrogen and oxygen atoms in total. The molecule has 1 unspecified atom stereocenters. The van der Waals surface area contributed by atoms with Crippen molar-refractivity contribution in [2.24, 2.45) is 5.92 Å². The molecule has 2 rings (SSSR count). The molecule has 2 aromatic rings. The normalized spacial score (nSPS) is 12.0. The largest absolute Gasteiger partial charge is 0.464 e. The van der Waals surface area contributed by atoms with Crippen molar-refractivity contribution in [2.45, 2.75) is 60.7 Å². The van der Waals surface area contributed by atoms with Crippen LogP contribution in [0.15, 0.2) is 24.3 Å². The van der Waals surface area contributed by atoms with Gasteiger partial charge in [0.25, 0.3) is 0 Å². The first-order valence-electron chi connectivity index (χ1n) is 10.4. The smallest absolute Gasteiger partial charge is 0.354 e. The van der Waals surface area contributed by atoms with Crippen molar-refractivity contribution >= 4 is 17.7 Å². The second-order valence-corrected chi connectivity index (χ2v) is 7.96. The number of amides is 1. The van der Waals surface area contributed by atoms with Gasteiger partial charge in [0.1, 0.15) is 11.5 Å². The highest BCUT2D eigenvalue weighted by molar-refractivity contribution is 6.06. The first-order chi connectivity index (χ1) is 14.5. The summed E-state index contributed by atoms with van der Waals surface area (Å²) in [5, 5.41) is 0. The van der Waals surface area contributed by atoms with E-state index >= 15 is 0 Å². The summed E-state index contributed by atoms with van der Waals surface area (Å²) in [6.07, 6.45) is 0. The van der Waals surface area contributed by atoms with Crippen molar-refractivity contribution in [3.8, 4) is 0 Å². The molecule has 0 bridgehead atoms. The summed E-state index contributed by atoms with van der Waals surface area (Å²) in [7, 11) is 1.31. The SMILES string of the molecule is CCn1c(C)c(C(=O)C(C)N(Cc2ccc(F)cc2)C(=O)C(C)C)c(C)c1C(=O)OC. The lowest BCUT2D eigenvalue weighted by molar-refractivity contribution is -0.136. The molecule has 0 aliphatic carbocycles. The lowest BCUT2D eigenvalue weighted by Crippen LogP contribution is -2.45. The van der Waals surface area contributed by atoms with Gasteiger partial charge in [-0.2, -0.15) is 0 Å². The van der Waals surface area contributed by atoms with Crippen LogP contribution in [0.25, 0.3) is 0 Å². The Balaban J connectivity index is 2.49. The Morgan fingerprint density at radius 1 is 1.10 bits per heavy atom. The zero-order valence-electron chi connectivity index (χ0n) is 19.3. The molecular weight excluding hydrogens is 399 g/mol. The van der Waals surface area contributed by atoms with Gasteiger partial charge < -0.3 is 14.2 Å². The number of methoxy groups -OCH3 is 1. The monoisotopic (exact) mass is 430 g/mol. The van der Waals surface area contributed by atoms with Gasteiger partial charge in [-0.1, -0.05) is 26.0 Å². The van der Waals surface area contributed by atoms with Gasteiger partial charge in [-0.3, -0.25) is 9.59 Å². The minimum absolute atomic E-state index is 0.177. The molecule has 1 amide bonds. The van der Waals surface area contributed by atoms with E-state index in [1.807, 2.05) is 6.92 Å². The van der Waals surface area contributed by atoms with Crippen LogP contribution in [0.1, 0.15) is 65.4 Å². The second-order valence-electron chi connectivity index (χ2n) is 7.96. The molecule has 0 N–H and O–H groups in total. The number of rotatable bonds is 8. The molecule has 0 saturated heterocycles. The Kier molecular flexibility index (Phi) is 7.76. The second kappa shape index (κ2) is 9.90. The van der Waals surface area contributed by atoms with Crippen LogP contribution in [0.5, 0.6) is 0 Å². The molecular formula is C24H31FN2O4. The van der Waals surface area contributed by atoms with Gasteiger partial charge in [0.2, 0.25) is 5.91 Å². The van der Waals surface area contributed by atoms with E-state index in [1.165, 1.54) is 24.1 Å². The van der Waals surface area contributed by atoms with E-state index in [0.717, 1.165) is 5.56 Å². The van der Waals surface area contributed by atoms with E-state index in [4.69, 9.17) is 4.74 Å². The summed E-state index contributed by atoms with van der Waals surface area (Å²) < 4.78 is 20.0. The van der Waals surface area contributed by atoms with Crippen LogP contribution in [-0.2, 0) is 22.6 Å². The summed E-state index contributed by atoms with van der Waals surface area (Å²) in [6, 6.07) is 5.10. The lowest BCUT2D eigenvalue weighted by Gasteiger charge is -2.30. The summed E-state index contributed by atoms with van der Waals surface area (Å²) in [5.74, 6) is -1.61. The van der Waals surface area contributed by atoms with E-state index in [1.54, 1.807) is 51.3 Å². The predicted molar refractivity (Wildman–Crippen MR) is 117 cm³/mol. The zero-order valence-corrected chi connectivity index (χ0v) is 19.3. The minimum Gasteiger partial charge on any atom is -0.464 e. The summed E-state index contributed by atoms with van der Waals surface area (Å²) >= 11 is 0. The molecule has 0 fully saturated rings. The number of carbonyl (C=O) groups is 3. The van der Waals surface area contributed by atoms with Crippen molar-refractivity contribution in [2.75, 3.05) is 7.11 Å². The molecule has 1 heterocycles. The first kappa shape index (κ1) is 24.3. The third-order valence-electron chi connectivity index (χ3n) is 5.60. The molecule has 0 saturated carbocycles. The van der Waals surface area contributed by atoms with E-state index in [-0.39, 0.29) is 30.0 Å². The highest BCUT2D eigenvalue weighted by Crippen LogP contribution is 2.26. The summed E-state index contributed by atoms with van der Waals surface area (Å²) in [4.78, 5) is 40.4. The number of ketones is 1.